The van der Waals surface area contributed by atoms with E-state index in [1.165, 1.54) is 0 Å². The number of nitrogens with one attached hydrogen (secondary N) is 1. The minimum atomic E-state index is -0.283. The summed E-state index contributed by atoms with van der Waals surface area (Å²) in [5.41, 5.74) is 0.906. The Hall–Kier alpha value is -1.42. The smallest absolute Gasteiger partial charge is 0.142 e. The molecule has 1 aromatic rings. The van der Waals surface area contributed by atoms with E-state index in [9.17, 15) is 5.11 Å². The van der Waals surface area contributed by atoms with Crippen LogP contribution in [0.15, 0.2) is 18.2 Å². The third-order valence-electron chi connectivity index (χ3n) is 3.63. The zero-order valence-corrected chi connectivity index (χ0v) is 12.4. The second kappa shape index (κ2) is 7.39. The molecule has 1 fully saturated rings. The molecule has 1 saturated carbocycles. The van der Waals surface area contributed by atoms with Gasteiger partial charge in [-0.25, -0.2) is 0 Å². The Morgan fingerprint density at radius 2 is 1.90 bits per heavy atom. The maximum absolute atomic E-state index is 10.1. The Kier molecular flexibility index (Phi) is 5.53. The first-order chi connectivity index (χ1) is 9.74. The summed E-state index contributed by atoms with van der Waals surface area (Å²) in [5.74, 6) is 1.64. The first kappa shape index (κ1) is 15.0. The Bertz CT molecular complexity index is 422. The fraction of sp³-hybridized carbons (Fsp3) is 0.625. The summed E-state index contributed by atoms with van der Waals surface area (Å²) in [7, 11) is 0. The van der Waals surface area contributed by atoms with Crippen LogP contribution in [0.5, 0.6) is 11.5 Å². The third-order valence-corrected chi connectivity index (χ3v) is 3.63. The largest absolute Gasteiger partial charge is 0.494 e. The van der Waals surface area contributed by atoms with Crippen LogP contribution in [0.4, 0.5) is 5.69 Å². The fourth-order valence-corrected chi connectivity index (χ4v) is 2.64. The van der Waals surface area contributed by atoms with Crippen LogP contribution in [-0.4, -0.2) is 30.5 Å². The van der Waals surface area contributed by atoms with Gasteiger partial charge in [-0.05, 0) is 38.8 Å². The number of aliphatic hydroxyl groups excluding tert-OH is 1. The van der Waals surface area contributed by atoms with E-state index >= 15 is 0 Å². The number of rotatable bonds is 6. The molecule has 0 spiro atoms. The van der Waals surface area contributed by atoms with E-state index in [0.29, 0.717) is 13.2 Å². The van der Waals surface area contributed by atoms with Gasteiger partial charge in [0.25, 0.3) is 0 Å². The summed E-state index contributed by atoms with van der Waals surface area (Å²) in [4.78, 5) is 0. The van der Waals surface area contributed by atoms with Gasteiger partial charge in [0.15, 0.2) is 0 Å². The Balaban J connectivity index is 2.15. The molecule has 4 heteroatoms. The lowest BCUT2D eigenvalue weighted by atomic mass is 9.92. The molecule has 1 aromatic carbocycles. The lowest BCUT2D eigenvalue weighted by Crippen LogP contribution is -2.36. The van der Waals surface area contributed by atoms with Crippen LogP contribution in [-0.2, 0) is 0 Å². The molecule has 0 aromatic heterocycles. The number of hydrogen-bond donors (Lipinski definition) is 2. The summed E-state index contributed by atoms with van der Waals surface area (Å²) in [6, 6.07) is 5.89. The van der Waals surface area contributed by atoms with Crippen molar-refractivity contribution in [2.75, 3.05) is 18.5 Å². The summed E-state index contributed by atoms with van der Waals surface area (Å²) >= 11 is 0. The van der Waals surface area contributed by atoms with Crippen molar-refractivity contribution in [3.63, 3.8) is 0 Å². The molecule has 2 rings (SSSR count). The van der Waals surface area contributed by atoms with Crippen molar-refractivity contribution in [1.29, 1.82) is 0 Å². The number of benzene rings is 1. The van der Waals surface area contributed by atoms with Crippen molar-refractivity contribution in [3.05, 3.63) is 18.2 Å². The fourth-order valence-electron chi connectivity index (χ4n) is 2.64. The van der Waals surface area contributed by atoms with E-state index in [1.54, 1.807) is 0 Å². The summed E-state index contributed by atoms with van der Waals surface area (Å²) in [6.07, 6.45) is 3.84. The third kappa shape index (κ3) is 3.79. The lowest BCUT2D eigenvalue weighted by Gasteiger charge is -2.30. The van der Waals surface area contributed by atoms with Crippen molar-refractivity contribution >= 4 is 5.69 Å². The molecule has 0 saturated heterocycles. The van der Waals surface area contributed by atoms with Crippen LogP contribution in [0.3, 0.4) is 0 Å². The topological polar surface area (TPSA) is 50.7 Å². The van der Waals surface area contributed by atoms with Gasteiger partial charge >= 0.3 is 0 Å². The van der Waals surface area contributed by atoms with Gasteiger partial charge in [0.1, 0.15) is 11.5 Å². The predicted molar refractivity (Wildman–Crippen MR) is 80.7 cm³/mol. The van der Waals surface area contributed by atoms with Gasteiger partial charge in [0.05, 0.1) is 31.0 Å². The standard InChI is InChI=1S/C16H25NO3/c1-3-19-12-9-10-16(20-4-2)14(11-12)17-13-7-5-6-8-15(13)18/h9-11,13,15,17-18H,3-8H2,1-2H3. The summed E-state index contributed by atoms with van der Waals surface area (Å²) in [6.45, 7) is 5.19. The molecule has 1 aliphatic rings. The molecular formula is C16H25NO3. The Morgan fingerprint density at radius 3 is 2.60 bits per heavy atom. The minimum absolute atomic E-state index is 0.0971. The minimum Gasteiger partial charge on any atom is -0.494 e. The Morgan fingerprint density at radius 1 is 1.15 bits per heavy atom. The van der Waals surface area contributed by atoms with E-state index in [1.807, 2.05) is 32.0 Å². The van der Waals surface area contributed by atoms with Gasteiger partial charge in [-0.3, -0.25) is 0 Å². The maximum atomic E-state index is 10.1. The molecule has 0 bridgehead atoms. The first-order valence-electron chi connectivity index (χ1n) is 7.58. The molecule has 1 aliphatic carbocycles. The van der Waals surface area contributed by atoms with Crippen LogP contribution in [0.2, 0.25) is 0 Å². The zero-order valence-electron chi connectivity index (χ0n) is 12.4. The highest BCUT2D eigenvalue weighted by atomic mass is 16.5. The van der Waals surface area contributed by atoms with E-state index in [4.69, 9.17) is 9.47 Å². The highest BCUT2D eigenvalue weighted by molar-refractivity contribution is 5.60. The molecule has 0 radical (unpaired) electrons. The first-order valence-corrected chi connectivity index (χ1v) is 7.58. The van der Waals surface area contributed by atoms with Gasteiger partial charge in [-0.15, -0.1) is 0 Å². The van der Waals surface area contributed by atoms with E-state index < -0.39 is 0 Å². The molecule has 2 unspecified atom stereocenters. The molecule has 0 aliphatic heterocycles. The van der Waals surface area contributed by atoms with Crippen LogP contribution < -0.4 is 14.8 Å². The molecule has 20 heavy (non-hydrogen) atoms. The normalized spacial score (nSPS) is 22.4. The molecule has 2 N–H and O–H groups in total. The van der Waals surface area contributed by atoms with E-state index in [0.717, 1.165) is 42.9 Å². The van der Waals surface area contributed by atoms with Crippen molar-refractivity contribution in [2.45, 2.75) is 51.7 Å². The van der Waals surface area contributed by atoms with Crippen LogP contribution in [0.25, 0.3) is 0 Å². The van der Waals surface area contributed by atoms with E-state index in [-0.39, 0.29) is 12.1 Å². The molecule has 4 nitrogen and oxygen atoms in total. The number of aliphatic hydroxyl groups is 1. The van der Waals surface area contributed by atoms with Crippen molar-refractivity contribution in [1.82, 2.24) is 0 Å². The molecule has 0 heterocycles. The molecule has 112 valence electrons. The summed E-state index contributed by atoms with van der Waals surface area (Å²) in [5, 5.41) is 13.5. The van der Waals surface area contributed by atoms with Gasteiger partial charge in [0, 0.05) is 6.07 Å². The number of hydrogen-bond acceptors (Lipinski definition) is 4. The zero-order chi connectivity index (χ0) is 14.4. The monoisotopic (exact) mass is 279 g/mol. The lowest BCUT2D eigenvalue weighted by molar-refractivity contribution is 0.116. The molecule has 2 atom stereocenters. The molecule has 0 amide bonds. The van der Waals surface area contributed by atoms with Crippen molar-refractivity contribution in [2.24, 2.45) is 0 Å². The second-order valence-electron chi connectivity index (χ2n) is 5.13. The highest BCUT2D eigenvalue weighted by Gasteiger charge is 2.23. The van der Waals surface area contributed by atoms with Crippen LogP contribution in [0.1, 0.15) is 39.5 Å². The van der Waals surface area contributed by atoms with Crippen molar-refractivity contribution in [3.8, 4) is 11.5 Å². The van der Waals surface area contributed by atoms with Crippen LogP contribution in [0, 0.1) is 0 Å². The maximum Gasteiger partial charge on any atom is 0.142 e. The van der Waals surface area contributed by atoms with Gasteiger partial charge in [-0.1, -0.05) is 12.8 Å². The average molecular weight is 279 g/mol. The quantitative estimate of drug-likeness (QED) is 0.839. The van der Waals surface area contributed by atoms with Gasteiger partial charge in [-0.2, -0.15) is 0 Å². The van der Waals surface area contributed by atoms with Crippen LogP contribution >= 0.6 is 0 Å². The molecular weight excluding hydrogens is 254 g/mol. The van der Waals surface area contributed by atoms with Gasteiger partial charge in [0.2, 0.25) is 0 Å². The predicted octanol–water partition coefficient (Wildman–Crippen LogP) is 3.20. The Labute approximate surface area is 121 Å². The van der Waals surface area contributed by atoms with E-state index in [2.05, 4.69) is 5.32 Å². The van der Waals surface area contributed by atoms with Crippen molar-refractivity contribution < 1.29 is 14.6 Å². The van der Waals surface area contributed by atoms with Gasteiger partial charge < -0.3 is 19.9 Å². The highest BCUT2D eigenvalue weighted by Crippen LogP contribution is 2.32. The second-order valence-corrected chi connectivity index (χ2v) is 5.13. The number of anilines is 1. The number of ether oxygens (including phenoxy) is 2. The summed E-state index contributed by atoms with van der Waals surface area (Å²) < 4.78 is 11.2. The SMILES string of the molecule is CCOc1ccc(OCC)c(NC2CCCCC2O)c1. The average Bonchev–Trinajstić information content (AvgIpc) is 2.45.